The second-order valence-electron chi connectivity index (χ2n) is 6.29. The first-order valence-electron chi connectivity index (χ1n) is 8.10. The number of pyridine rings is 1. The minimum Gasteiger partial charge on any atom is -0.362 e. The average molecular weight is 459 g/mol. The van der Waals surface area contributed by atoms with E-state index in [9.17, 15) is 0 Å². The summed E-state index contributed by atoms with van der Waals surface area (Å²) in [6.45, 7) is 0.783. The van der Waals surface area contributed by atoms with E-state index >= 15 is 0 Å². The molecule has 1 aliphatic carbocycles. The van der Waals surface area contributed by atoms with Gasteiger partial charge < -0.3 is 10.6 Å². The van der Waals surface area contributed by atoms with Crippen molar-refractivity contribution in [3.63, 3.8) is 0 Å². The summed E-state index contributed by atoms with van der Waals surface area (Å²) in [5.41, 5.74) is 1.41. The Balaban J connectivity index is 1.67. The first kappa shape index (κ1) is 18.9. The molecular formula is C18H18BrCl2N3S. The Hall–Kier alpha value is -0.880. The highest BCUT2D eigenvalue weighted by Crippen LogP contribution is 2.41. The Bertz CT molecular complexity index is 761. The van der Waals surface area contributed by atoms with Crippen LogP contribution in [-0.4, -0.2) is 16.6 Å². The molecule has 1 saturated carbocycles. The van der Waals surface area contributed by atoms with Crippen LogP contribution in [0.4, 0.5) is 5.82 Å². The molecular weight excluding hydrogens is 441 g/mol. The molecule has 3 nitrogen and oxygen atoms in total. The molecule has 0 saturated heterocycles. The number of hydrogen-bond acceptors (Lipinski definition) is 2. The van der Waals surface area contributed by atoms with Crippen LogP contribution in [0.25, 0.3) is 0 Å². The third-order valence-corrected chi connectivity index (χ3v) is 5.95. The lowest BCUT2D eigenvalue weighted by Crippen LogP contribution is -2.40. The van der Waals surface area contributed by atoms with Crippen molar-refractivity contribution in [3.05, 3.63) is 56.6 Å². The molecule has 0 bridgehead atoms. The average Bonchev–Trinajstić information content (AvgIpc) is 3.06. The predicted molar refractivity (Wildman–Crippen MR) is 113 cm³/mol. The number of nitrogens with zero attached hydrogens (tertiary/aromatic N) is 1. The second-order valence-corrected chi connectivity index (χ2v) is 8.42. The largest absolute Gasteiger partial charge is 0.362 e. The lowest BCUT2D eigenvalue weighted by molar-refractivity contribution is 0.435. The van der Waals surface area contributed by atoms with Gasteiger partial charge >= 0.3 is 0 Å². The van der Waals surface area contributed by atoms with Crippen LogP contribution in [0, 0.1) is 0 Å². The Morgan fingerprint density at radius 1 is 1.16 bits per heavy atom. The third-order valence-electron chi connectivity index (χ3n) is 4.64. The molecule has 0 spiro atoms. The van der Waals surface area contributed by atoms with E-state index in [-0.39, 0.29) is 5.41 Å². The van der Waals surface area contributed by atoms with E-state index in [1.54, 1.807) is 12.3 Å². The molecule has 2 N–H and O–H groups in total. The van der Waals surface area contributed by atoms with Crippen molar-refractivity contribution in [1.29, 1.82) is 0 Å². The summed E-state index contributed by atoms with van der Waals surface area (Å²) in [6, 6.07) is 9.96. The molecule has 0 aliphatic heterocycles. The fourth-order valence-electron chi connectivity index (χ4n) is 3.33. The van der Waals surface area contributed by atoms with Gasteiger partial charge in [-0.1, -0.05) is 48.2 Å². The Kier molecular flexibility index (Phi) is 6.21. The molecule has 2 aromatic rings. The topological polar surface area (TPSA) is 37.0 Å². The van der Waals surface area contributed by atoms with Crippen LogP contribution in [0.15, 0.2) is 41.0 Å². The van der Waals surface area contributed by atoms with E-state index in [4.69, 9.17) is 35.4 Å². The first-order valence-corrected chi connectivity index (χ1v) is 10.1. The quantitative estimate of drug-likeness (QED) is 0.555. The van der Waals surface area contributed by atoms with Crippen molar-refractivity contribution >= 4 is 62.3 Å². The van der Waals surface area contributed by atoms with Gasteiger partial charge in [0.05, 0.1) is 9.50 Å². The zero-order valence-corrected chi connectivity index (χ0v) is 17.4. The molecule has 1 aliphatic rings. The molecule has 132 valence electrons. The molecule has 0 unspecified atom stereocenters. The van der Waals surface area contributed by atoms with E-state index in [0.29, 0.717) is 16.0 Å². The Labute approximate surface area is 171 Å². The molecule has 1 fully saturated rings. The van der Waals surface area contributed by atoms with Gasteiger partial charge in [0.25, 0.3) is 0 Å². The van der Waals surface area contributed by atoms with Gasteiger partial charge in [-0.15, -0.1) is 0 Å². The first-order chi connectivity index (χ1) is 12.0. The third kappa shape index (κ3) is 4.64. The van der Waals surface area contributed by atoms with Crippen LogP contribution >= 0.6 is 51.3 Å². The summed E-state index contributed by atoms with van der Waals surface area (Å²) in [5, 5.41) is 8.37. The van der Waals surface area contributed by atoms with Crippen molar-refractivity contribution < 1.29 is 0 Å². The summed E-state index contributed by atoms with van der Waals surface area (Å²) in [7, 11) is 0. The van der Waals surface area contributed by atoms with Crippen LogP contribution in [0.3, 0.4) is 0 Å². The lowest BCUT2D eigenvalue weighted by Gasteiger charge is -2.30. The number of thiocarbonyl (C=S) groups is 1. The summed E-state index contributed by atoms with van der Waals surface area (Å²) >= 11 is 20.8. The number of anilines is 1. The van der Waals surface area contributed by atoms with E-state index in [0.717, 1.165) is 28.9 Å². The minimum atomic E-state index is 0.0982. The summed E-state index contributed by atoms with van der Waals surface area (Å²) in [6.07, 6.45) is 6.34. The van der Waals surface area contributed by atoms with Crippen LogP contribution in [-0.2, 0) is 5.41 Å². The van der Waals surface area contributed by atoms with E-state index in [1.807, 2.05) is 12.1 Å². The monoisotopic (exact) mass is 457 g/mol. The van der Waals surface area contributed by atoms with Gasteiger partial charge in [0, 0.05) is 23.2 Å². The summed E-state index contributed by atoms with van der Waals surface area (Å²) in [5.74, 6) is 0.647. The van der Waals surface area contributed by atoms with E-state index in [1.165, 1.54) is 18.4 Å². The number of halogens is 3. The predicted octanol–water partition coefficient (Wildman–Crippen LogP) is 5.95. The van der Waals surface area contributed by atoms with Crippen molar-refractivity contribution in [1.82, 2.24) is 10.3 Å². The van der Waals surface area contributed by atoms with Gasteiger partial charge in [-0.3, -0.25) is 0 Å². The highest BCUT2D eigenvalue weighted by molar-refractivity contribution is 9.10. The molecule has 1 heterocycles. The van der Waals surface area contributed by atoms with Gasteiger partial charge in [-0.25, -0.2) is 4.98 Å². The molecule has 7 heteroatoms. The summed E-state index contributed by atoms with van der Waals surface area (Å²) in [4.78, 5) is 4.25. The molecule has 0 radical (unpaired) electrons. The number of aromatic nitrogens is 1. The number of benzene rings is 1. The van der Waals surface area contributed by atoms with Gasteiger partial charge in [0.2, 0.25) is 0 Å². The standard InChI is InChI=1S/C18H18BrCl2N3S/c19-15-9-14(21)10-22-16(15)24-17(25)23-11-18(7-1-2-8-18)12-3-5-13(20)6-4-12/h3-6,9-10H,1-2,7-8,11H2,(H2,22,23,24,25). The smallest absolute Gasteiger partial charge is 0.172 e. The van der Waals surface area contributed by atoms with Crippen LogP contribution in [0.1, 0.15) is 31.2 Å². The van der Waals surface area contributed by atoms with Crippen molar-refractivity contribution in [2.24, 2.45) is 0 Å². The number of hydrogen-bond donors (Lipinski definition) is 2. The van der Waals surface area contributed by atoms with E-state index in [2.05, 4.69) is 43.7 Å². The molecule has 3 rings (SSSR count). The molecule has 0 amide bonds. The number of rotatable bonds is 4. The molecule has 1 aromatic heterocycles. The second kappa shape index (κ2) is 8.21. The Morgan fingerprint density at radius 2 is 1.84 bits per heavy atom. The van der Waals surface area contributed by atoms with Crippen molar-refractivity contribution in [2.45, 2.75) is 31.1 Å². The fourth-order valence-corrected chi connectivity index (χ4v) is 4.36. The zero-order chi connectivity index (χ0) is 17.9. The maximum Gasteiger partial charge on any atom is 0.172 e. The highest BCUT2D eigenvalue weighted by Gasteiger charge is 2.35. The van der Waals surface area contributed by atoms with Gasteiger partial charge in [0.15, 0.2) is 5.11 Å². The molecule has 25 heavy (non-hydrogen) atoms. The lowest BCUT2D eigenvalue weighted by atomic mass is 9.79. The van der Waals surface area contributed by atoms with Crippen LogP contribution in [0.5, 0.6) is 0 Å². The van der Waals surface area contributed by atoms with Crippen molar-refractivity contribution in [3.8, 4) is 0 Å². The van der Waals surface area contributed by atoms with Gasteiger partial charge in [0.1, 0.15) is 5.82 Å². The zero-order valence-electron chi connectivity index (χ0n) is 13.5. The van der Waals surface area contributed by atoms with Crippen LogP contribution < -0.4 is 10.6 Å². The minimum absolute atomic E-state index is 0.0982. The molecule has 0 atom stereocenters. The van der Waals surface area contributed by atoms with Gasteiger partial charge in [-0.2, -0.15) is 0 Å². The maximum atomic E-state index is 6.04. The molecule has 1 aromatic carbocycles. The SMILES string of the molecule is S=C(NCC1(c2ccc(Cl)cc2)CCCC1)Nc1ncc(Cl)cc1Br. The van der Waals surface area contributed by atoms with Crippen molar-refractivity contribution in [2.75, 3.05) is 11.9 Å². The normalized spacial score (nSPS) is 15.8. The summed E-state index contributed by atoms with van der Waals surface area (Å²) < 4.78 is 0.775. The Morgan fingerprint density at radius 3 is 2.48 bits per heavy atom. The van der Waals surface area contributed by atoms with E-state index < -0.39 is 0 Å². The fraction of sp³-hybridized carbons (Fsp3) is 0.333. The van der Waals surface area contributed by atoms with Gasteiger partial charge in [-0.05, 0) is 64.8 Å². The number of nitrogens with one attached hydrogen (secondary N) is 2. The van der Waals surface area contributed by atoms with Crippen LogP contribution in [0.2, 0.25) is 10.0 Å². The highest BCUT2D eigenvalue weighted by atomic mass is 79.9. The maximum absolute atomic E-state index is 6.04.